The zero-order chi connectivity index (χ0) is 12.5. The molecule has 1 amide bonds. The lowest BCUT2D eigenvalue weighted by atomic mass is 9.86. The lowest BCUT2D eigenvalue weighted by molar-refractivity contribution is -0.163. The molecule has 0 aromatic carbocycles. The Morgan fingerprint density at radius 3 is 2.59 bits per heavy atom. The van der Waals surface area contributed by atoms with E-state index in [9.17, 15) is 9.59 Å². The Balaban J connectivity index is 2.13. The molecule has 1 N–H and O–H groups in total. The van der Waals surface area contributed by atoms with Gasteiger partial charge in [-0.3, -0.25) is 4.79 Å². The van der Waals surface area contributed by atoms with Crippen molar-refractivity contribution in [2.75, 3.05) is 19.8 Å². The highest BCUT2D eigenvalue weighted by atomic mass is 16.5. The Kier molecular flexibility index (Phi) is 3.38. The van der Waals surface area contributed by atoms with E-state index in [1.165, 1.54) is 4.90 Å². The molecule has 1 atom stereocenters. The van der Waals surface area contributed by atoms with Crippen LogP contribution in [0.5, 0.6) is 0 Å². The van der Waals surface area contributed by atoms with Crippen LogP contribution in [-0.4, -0.2) is 47.7 Å². The summed E-state index contributed by atoms with van der Waals surface area (Å²) in [6.07, 6.45) is 3.86. The minimum Gasteiger partial charge on any atom is -0.480 e. The van der Waals surface area contributed by atoms with E-state index in [0.717, 1.165) is 25.7 Å². The fourth-order valence-corrected chi connectivity index (χ4v) is 2.77. The van der Waals surface area contributed by atoms with Gasteiger partial charge in [0.1, 0.15) is 0 Å². The van der Waals surface area contributed by atoms with Crippen molar-refractivity contribution < 1.29 is 19.4 Å². The number of morpholine rings is 1. The minimum atomic E-state index is -0.973. The van der Waals surface area contributed by atoms with Crippen molar-refractivity contribution in [1.29, 1.82) is 0 Å². The van der Waals surface area contributed by atoms with Gasteiger partial charge in [-0.2, -0.15) is 0 Å². The van der Waals surface area contributed by atoms with Gasteiger partial charge in [0, 0.05) is 12.0 Å². The summed E-state index contributed by atoms with van der Waals surface area (Å²) in [7, 11) is 0. The summed E-state index contributed by atoms with van der Waals surface area (Å²) in [5, 5.41) is 9.11. The second kappa shape index (κ2) is 4.64. The first-order chi connectivity index (χ1) is 8.04. The van der Waals surface area contributed by atoms with Crippen molar-refractivity contribution in [2.24, 2.45) is 5.41 Å². The third-order valence-electron chi connectivity index (χ3n) is 3.90. The van der Waals surface area contributed by atoms with Gasteiger partial charge >= 0.3 is 5.97 Å². The van der Waals surface area contributed by atoms with Crippen molar-refractivity contribution >= 4 is 11.9 Å². The van der Waals surface area contributed by atoms with Gasteiger partial charge in [0.25, 0.3) is 0 Å². The van der Waals surface area contributed by atoms with Crippen LogP contribution in [0.3, 0.4) is 0 Å². The molecule has 5 nitrogen and oxygen atoms in total. The van der Waals surface area contributed by atoms with Crippen molar-refractivity contribution in [3.63, 3.8) is 0 Å². The van der Waals surface area contributed by atoms with Gasteiger partial charge in [-0.15, -0.1) is 0 Å². The summed E-state index contributed by atoms with van der Waals surface area (Å²) >= 11 is 0. The quantitative estimate of drug-likeness (QED) is 0.779. The van der Waals surface area contributed by atoms with Crippen LogP contribution >= 0.6 is 0 Å². The first-order valence-corrected chi connectivity index (χ1v) is 6.16. The van der Waals surface area contributed by atoms with Crippen LogP contribution in [0, 0.1) is 5.41 Å². The van der Waals surface area contributed by atoms with E-state index >= 15 is 0 Å². The lowest BCUT2D eigenvalue weighted by Gasteiger charge is -2.38. The molecule has 1 saturated carbocycles. The monoisotopic (exact) mass is 241 g/mol. The van der Waals surface area contributed by atoms with E-state index < -0.39 is 12.0 Å². The largest absolute Gasteiger partial charge is 0.480 e. The maximum Gasteiger partial charge on any atom is 0.328 e. The fraction of sp³-hybridized carbons (Fsp3) is 0.833. The molecule has 0 aromatic heterocycles. The Hall–Kier alpha value is -1.10. The third kappa shape index (κ3) is 2.29. The van der Waals surface area contributed by atoms with Crippen LogP contribution in [0.15, 0.2) is 0 Å². The standard InChI is InChI=1S/C12H19NO4/c1-12(4-2-3-5-12)11(16)13-6-7-17-8-9(13)10(14)15/h9H,2-8H2,1H3,(H,14,15). The smallest absolute Gasteiger partial charge is 0.328 e. The van der Waals surface area contributed by atoms with Crippen molar-refractivity contribution in [1.82, 2.24) is 4.90 Å². The van der Waals surface area contributed by atoms with E-state index in [1.54, 1.807) is 0 Å². The first kappa shape index (κ1) is 12.4. The van der Waals surface area contributed by atoms with Crippen molar-refractivity contribution in [2.45, 2.75) is 38.6 Å². The third-order valence-corrected chi connectivity index (χ3v) is 3.90. The Morgan fingerprint density at radius 2 is 2.00 bits per heavy atom. The lowest BCUT2D eigenvalue weighted by Crippen LogP contribution is -2.56. The number of hydrogen-bond donors (Lipinski definition) is 1. The van der Waals surface area contributed by atoms with Gasteiger partial charge in [0.2, 0.25) is 5.91 Å². The van der Waals surface area contributed by atoms with Gasteiger partial charge in [-0.05, 0) is 12.8 Å². The molecule has 1 unspecified atom stereocenters. The number of hydrogen-bond acceptors (Lipinski definition) is 3. The summed E-state index contributed by atoms with van der Waals surface area (Å²) in [5.74, 6) is -0.981. The molecular weight excluding hydrogens is 222 g/mol. The predicted molar refractivity (Wildman–Crippen MR) is 60.5 cm³/mol. The molecule has 0 aromatic rings. The van der Waals surface area contributed by atoms with Crippen LogP contribution in [-0.2, 0) is 14.3 Å². The Morgan fingerprint density at radius 1 is 1.35 bits per heavy atom. The van der Waals surface area contributed by atoms with E-state index in [0.29, 0.717) is 13.2 Å². The number of carboxylic acids is 1. The maximum atomic E-state index is 12.4. The van der Waals surface area contributed by atoms with Gasteiger partial charge in [0.05, 0.1) is 13.2 Å². The molecule has 1 saturated heterocycles. The highest BCUT2D eigenvalue weighted by molar-refractivity contribution is 5.87. The fourth-order valence-electron chi connectivity index (χ4n) is 2.77. The molecular formula is C12H19NO4. The van der Waals surface area contributed by atoms with Crippen LogP contribution in [0.4, 0.5) is 0 Å². The second-order valence-corrected chi connectivity index (χ2v) is 5.20. The highest BCUT2D eigenvalue weighted by Crippen LogP contribution is 2.39. The molecule has 2 aliphatic rings. The zero-order valence-electron chi connectivity index (χ0n) is 10.1. The second-order valence-electron chi connectivity index (χ2n) is 5.20. The van der Waals surface area contributed by atoms with Gasteiger partial charge in [0.15, 0.2) is 6.04 Å². The van der Waals surface area contributed by atoms with Gasteiger partial charge < -0.3 is 14.7 Å². The summed E-state index contributed by atoms with van der Waals surface area (Å²) in [6, 6.07) is -0.811. The van der Waals surface area contributed by atoms with Crippen LogP contribution in [0.2, 0.25) is 0 Å². The zero-order valence-corrected chi connectivity index (χ0v) is 10.1. The maximum absolute atomic E-state index is 12.4. The average Bonchev–Trinajstić information content (AvgIpc) is 2.76. The number of carbonyl (C=O) groups is 2. The van der Waals surface area contributed by atoms with Crippen LogP contribution in [0.25, 0.3) is 0 Å². The van der Waals surface area contributed by atoms with E-state index in [1.807, 2.05) is 6.92 Å². The number of ether oxygens (including phenoxy) is 1. The summed E-state index contributed by atoms with van der Waals surface area (Å²) in [5.41, 5.74) is -0.356. The number of amides is 1. The molecule has 1 aliphatic heterocycles. The normalized spacial score (nSPS) is 28.1. The topological polar surface area (TPSA) is 66.8 Å². The van der Waals surface area contributed by atoms with E-state index in [4.69, 9.17) is 9.84 Å². The van der Waals surface area contributed by atoms with Crippen molar-refractivity contribution in [3.05, 3.63) is 0 Å². The Bertz CT molecular complexity index is 322. The van der Waals surface area contributed by atoms with Gasteiger partial charge in [-0.1, -0.05) is 19.8 Å². The van der Waals surface area contributed by atoms with Crippen LogP contribution < -0.4 is 0 Å². The number of nitrogens with zero attached hydrogens (tertiary/aromatic N) is 1. The summed E-state index contributed by atoms with van der Waals surface area (Å²) in [6.45, 7) is 2.89. The molecule has 0 spiro atoms. The van der Waals surface area contributed by atoms with E-state index in [2.05, 4.69) is 0 Å². The predicted octanol–water partition coefficient (Wildman–Crippen LogP) is 0.879. The Labute approximate surface area is 101 Å². The van der Waals surface area contributed by atoms with E-state index in [-0.39, 0.29) is 17.9 Å². The molecule has 1 heterocycles. The summed E-state index contributed by atoms with van der Waals surface area (Å²) in [4.78, 5) is 25.1. The minimum absolute atomic E-state index is 0.00861. The molecule has 96 valence electrons. The van der Waals surface area contributed by atoms with Crippen LogP contribution in [0.1, 0.15) is 32.6 Å². The molecule has 1 aliphatic carbocycles. The number of carboxylic acid groups (broad SMARTS) is 1. The highest BCUT2D eigenvalue weighted by Gasteiger charge is 2.43. The number of aliphatic carboxylic acids is 1. The molecule has 2 rings (SSSR count). The number of carbonyl (C=O) groups excluding carboxylic acids is 1. The molecule has 0 bridgehead atoms. The number of rotatable bonds is 2. The first-order valence-electron chi connectivity index (χ1n) is 6.16. The molecule has 17 heavy (non-hydrogen) atoms. The van der Waals surface area contributed by atoms with Crippen molar-refractivity contribution in [3.8, 4) is 0 Å². The molecule has 5 heteroatoms. The summed E-state index contributed by atoms with van der Waals surface area (Å²) < 4.78 is 5.14. The SMILES string of the molecule is CC1(C(=O)N2CCOCC2C(=O)O)CCCC1. The molecule has 0 radical (unpaired) electrons. The average molecular weight is 241 g/mol. The van der Waals surface area contributed by atoms with Gasteiger partial charge in [-0.25, -0.2) is 4.79 Å². The molecule has 2 fully saturated rings.